The van der Waals surface area contributed by atoms with Crippen LogP contribution in [-0.4, -0.2) is 60.2 Å². The second-order valence-corrected chi connectivity index (χ2v) is 8.72. The third-order valence-corrected chi connectivity index (χ3v) is 6.27. The Balaban J connectivity index is 1.35. The highest BCUT2D eigenvalue weighted by Gasteiger charge is 2.27. The molecule has 0 saturated carbocycles. The molecule has 0 bridgehead atoms. The summed E-state index contributed by atoms with van der Waals surface area (Å²) in [5, 5.41) is 7.39. The van der Waals surface area contributed by atoms with E-state index in [0.717, 1.165) is 0 Å². The number of halogens is 1. The fourth-order valence-electron chi connectivity index (χ4n) is 4.03. The number of anilines is 1. The molecule has 1 aliphatic rings. The van der Waals surface area contributed by atoms with Crippen molar-refractivity contribution in [3.05, 3.63) is 64.5 Å². The van der Waals surface area contributed by atoms with Gasteiger partial charge in [0.25, 0.3) is 0 Å². The summed E-state index contributed by atoms with van der Waals surface area (Å²) in [5.41, 5.74) is 1.31. The highest BCUT2D eigenvalue weighted by Crippen LogP contribution is 2.26. The highest BCUT2D eigenvalue weighted by atomic mass is 35.5. The number of nitrogens with zero attached hydrogens (tertiary/aromatic N) is 3. The van der Waals surface area contributed by atoms with Gasteiger partial charge in [0.15, 0.2) is 0 Å². The number of aromatic nitrogens is 2. The van der Waals surface area contributed by atoms with E-state index in [1.807, 2.05) is 18.2 Å². The Bertz CT molecular complexity index is 1230. The van der Waals surface area contributed by atoms with Crippen molar-refractivity contribution >= 4 is 35.1 Å². The maximum Gasteiger partial charge on any atom is 0.337 e. The van der Waals surface area contributed by atoms with Gasteiger partial charge in [-0.05, 0) is 56.3 Å². The minimum atomic E-state index is -0.622. The van der Waals surface area contributed by atoms with Gasteiger partial charge in [-0.3, -0.25) is 9.69 Å². The molecule has 1 amide bonds. The molecule has 0 atom stereocenters. The summed E-state index contributed by atoms with van der Waals surface area (Å²) in [5.74, 6) is -0.753. The molecule has 0 aliphatic carbocycles. The number of carbonyl (C=O) groups is 3. The van der Waals surface area contributed by atoms with Crippen LogP contribution in [-0.2, 0) is 20.8 Å². The van der Waals surface area contributed by atoms with Gasteiger partial charge in [-0.1, -0.05) is 28.9 Å². The highest BCUT2D eigenvalue weighted by molar-refractivity contribution is 6.33. The predicted molar refractivity (Wildman–Crippen MR) is 130 cm³/mol. The van der Waals surface area contributed by atoms with Crippen LogP contribution >= 0.6 is 11.6 Å². The zero-order valence-corrected chi connectivity index (χ0v) is 20.6. The van der Waals surface area contributed by atoms with Gasteiger partial charge >= 0.3 is 11.9 Å². The molecule has 4 rings (SSSR count). The summed E-state index contributed by atoms with van der Waals surface area (Å²) >= 11 is 6.21. The molecule has 0 spiro atoms. The molecule has 3 aromatic rings. The first kappa shape index (κ1) is 25.3. The normalized spacial score (nSPS) is 14.3. The number of amides is 1. The quantitative estimate of drug-likeness (QED) is 0.470. The van der Waals surface area contributed by atoms with Gasteiger partial charge in [0.05, 0.1) is 36.9 Å². The average molecular weight is 513 g/mol. The van der Waals surface area contributed by atoms with Crippen molar-refractivity contribution < 1.29 is 28.4 Å². The second kappa shape index (κ2) is 11.3. The van der Waals surface area contributed by atoms with Gasteiger partial charge < -0.3 is 19.3 Å². The molecule has 1 aromatic heterocycles. The molecule has 11 heteroatoms. The van der Waals surface area contributed by atoms with Crippen LogP contribution in [0.3, 0.4) is 0 Å². The molecule has 2 aromatic carbocycles. The van der Waals surface area contributed by atoms with E-state index in [-0.39, 0.29) is 23.0 Å². The molecule has 1 fully saturated rings. The molecule has 2 heterocycles. The molecule has 1 aliphatic heterocycles. The first-order valence-corrected chi connectivity index (χ1v) is 11.7. The Morgan fingerprint density at radius 2 is 1.69 bits per heavy atom. The lowest BCUT2D eigenvalue weighted by Gasteiger charge is -2.30. The van der Waals surface area contributed by atoms with E-state index in [1.165, 1.54) is 32.4 Å². The Morgan fingerprint density at radius 1 is 1.06 bits per heavy atom. The molecular weight excluding hydrogens is 488 g/mol. The Morgan fingerprint density at radius 3 is 2.31 bits per heavy atom. The van der Waals surface area contributed by atoms with Crippen molar-refractivity contribution in [1.29, 1.82) is 0 Å². The molecule has 1 N–H and O–H groups in total. The van der Waals surface area contributed by atoms with E-state index in [4.69, 9.17) is 25.6 Å². The zero-order valence-electron chi connectivity index (χ0n) is 19.8. The van der Waals surface area contributed by atoms with Crippen LogP contribution in [0.5, 0.6) is 0 Å². The number of hydrogen-bond acceptors (Lipinski definition) is 9. The summed E-state index contributed by atoms with van der Waals surface area (Å²) in [6, 6.07) is 11.6. The van der Waals surface area contributed by atoms with E-state index >= 15 is 0 Å². The number of methoxy groups -OCH3 is 2. The molecule has 1 saturated heterocycles. The lowest BCUT2D eigenvalue weighted by atomic mass is 9.95. The molecule has 36 heavy (non-hydrogen) atoms. The number of benzene rings is 2. The number of piperidine rings is 1. The first-order chi connectivity index (χ1) is 17.4. The molecule has 10 nitrogen and oxygen atoms in total. The summed E-state index contributed by atoms with van der Waals surface area (Å²) in [6.45, 7) is 1.80. The molecule has 188 valence electrons. The van der Waals surface area contributed by atoms with Crippen LogP contribution in [0.25, 0.3) is 11.4 Å². The minimum absolute atomic E-state index is 0.140. The first-order valence-electron chi connectivity index (χ1n) is 11.3. The maximum absolute atomic E-state index is 12.9. The van der Waals surface area contributed by atoms with E-state index in [2.05, 4.69) is 20.4 Å². The van der Waals surface area contributed by atoms with Crippen molar-refractivity contribution in [3.8, 4) is 11.4 Å². The Kier molecular flexibility index (Phi) is 7.97. The van der Waals surface area contributed by atoms with Crippen LogP contribution in [0.4, 0.5) is 5.69 Å². The van der Waals surface area contributed by atoms with E-state index in [9.17, 15) is 14.4 Å². The van der Waals surface area contributed by atoms with Gasteiger partial charge in [0.2, 0.25) is 17.6 Å². The van der Waals surface area contributed by atoms with Crippen LogP contribution in [0.15, 0.2) is 47.0 Å². The molecule has 0 unspecified atom stereocenters. The third kappa shape index (κ3) is 5.89. The van der Waals surface area contributed by atoms with Crippen LogP contribution < -0.4 is 5.32 Å². The monoisotopic (exact) mass is 512 g/mol. The Labute approximate surface area is 212 Å². The molecule has 0 radical (unpaired) electrons. The predicted octanol–water partition coefficient (Wildman–Crippen LogP) is 3.81. The fraction of sp³-hybridized carbons (Fsp3) is 0.320. The van der Waals surface area contributed by atoms with Crippen molar-refractivity contribution in [1.82, 2.24) is 15.0 Å². The molecular formula is C25H25ClN4O6. The lowest BCUT2D eigenvalue weighted by molar-refractivity contribution is -0.121. The number of likely N-dealkylation sites (tertiary alicyclic amines) is 1. The standard InChI is InChI=1S/C25H25ClN4O6/c1-34-24(32)16-11-17(25(33)35-2)13-18(12-16)27-23(31)15-7-9-30(10-8-15)14-21-28-22(29-36-21)19-5-3-4-6-20(19)26/h3-6,11-13,15H,7-10,14H2,1-2H3,(H,27,31). The van der Waals surface area contributed by atoms with Crippen LogP contribution in [0.2, 0.25) is 5.02 Å². The van der Waals surface area contributed by atoms with Crippen LogP contribution in [0, 0.1) is 5.92 Å². The number of ether oxygens (including phenoxy) is 2. The van der Waals surface area contributed by atoms with Crippen molar-refractivity contribution in [3.63, 3.8) is 0 Å². The van der Waals surface area contributed by atoms with Crippen molar-refractivity contribution in [2.45, 2.75) is 19.4 Å². The summed E-state index contributed by atoms with van der Waals surface area (Å²) in [6.07, 6.45) is 1.25. The van der Waals surface area contributed by atoms with Gasteiger partial charge in [-0.15, -0.1) is 0 Å². The average Bonchev–Trinajstić information content (AvgIpc) is 3.36. The number of hydrogen-bond donors (Lipinski definition) is 1. The third-order valence-electron chi connectivity index (χ3n) is 5.94. The number of rotatable bonds is 7. The van der Waals surface area contributed by atoms with Gasteiger partial charge in [0, 0.05) is 17.2 Å². The number of carbonyl (C=O) groups excluding carboxylic acids is 3. The largest absolute Gasteiger partial charge is 0.465 e. The zero-order chi connectivity index (χ0) is 25.7. The second-order valence-electron chi connectivity index (χ2n) is 8.31. The fourth-order valence-corrected chi connectivity index (χ4v) is 4.25. The van der Waals surface area contributed by atoms with Crippen molar-refractivity contribution in [2.75, 3.05) is 32.6 Å². The van der Waals surface area contributed by atoms with Crippen LogP contribution in [0.1, 0.15) is 39.4 Å². The van der Waals surface area contributed by atoms with Gasteiger partial charge in [0.1, 0.15) is 0 Å². The van der Waals surface area contributed by atoms with E-state index in [0.29, 0.717) is 60.5 Å². The minimum Gasteiger partial charge on any atom is -0.465 e. The Hall–Kier alpha value is -3.76. The van der Waals surface area contributed by atoms with Crippen molar-refractivity contribution in [2.24, 2.45) is 5.92 Å². The SMILES string of the molecule is COC(=O)c1cc(NC(=O)C2CCN(Cc3nc(-c4ccccc4Cl)no3)CC2)cc(C(=O)OC)c1. The summed E-state index contributed by atoms with van der Waals surface area (Å²) in [4.78, 5) is 43.5. The van der Waals surface area contributed by atoms with Gasteiger partial charge in [-0.2, -0.15) is 4.98 Å². The summed E-state index contributed by atoms with van der Waals surface area (Å²) in [7, 11) is 2.48. The summed E-state index contributed by atoms with van der Waals surface area (Å²) < 4.78 is 14.9. The lowest BCUT2D eigenvalue weighted by Crippen LogP contribution is -2.37. The maximum atomic E-state index is 12.9. The van der Waals surface area contributed by atoms with Gasteiger partial charge in [-0.25, -0.2) is 9.59 Å². The number of esters is 2. The smallest absolute Gasteiger partial charge is 0.337 e. The van der Waals surface area contributed by atoms with E-state index < -0.39 is 11.9 Å². The number of nitrogens with one attached hydrogen (secondary N) is 1. The van der Waals surface area contributed by atoms with E-state index in [1.54, 1.807) is 6.07 Å². The topological polar surface area (TPSA) is 124 Å².